The zero-order chi connectivity index (χ0) is 12.2. The van der Waals surface area contributed by atoms with Crippen LogP contribution in [0.15, 0.2) is 25.3 Å². The number of ether oxygens (including phenoxy) is 1. The Bertz CT molecular complexity index is 281. The molecular weight excluding hydrogens is 204 g/mol. The average molecular weight is 224 g/mol. The van der Waals surface area contributed by atoms with Gasteiger partial charge in [-0.3, -0.25) is 0 Å². The minimum absolute atomic E-state index is 0.306. The van der Waals surface area contributed by atoms with Crippen molar-refractivity contribution in [3.63, 3.8) is 0 Å². The minimum atomic E-state index is -0.783. The highest BCUT2D eigenvalue weighted by Crippen LogP contribution is 2.17. The van der Waals surface area contributed by atoms with Crippen LogP contribution in [0.4, 0.5) is 4.79 Å². The number of nitrogens with zero attached hydrogens (tertiary/aromatic N) is 1. The van der Waals surface area contributed by atoms with Crippen LogP contribution in [0, 0.1) is 0 Å². The summed E-state index contributed by atoms with van der Waals surface area (Å²) in [6, 6.07) is 0.367. The lowest BCUT2D eigenvalue weighted by Gasteiger charge is -2.25. The van der Waals surface area contributed by atoms with Gasteiger partial charge in [-0.25, -0.2) is 4.79 Å². The molecule has 1 aliphatic heterocycles. The molecule has 0 aromatic rings. The highest BCUT2D eigenvalue weighted by Gasteiger charge is 2.30. The van der Waals surface area contributed by atoms with Crippen molar-refractivity contribution < 1.29 is 9.53 Å². The highest BCUT2D eigenvalue weighted by atomic mass is 16.6. The van der Waals surface area contributed by atoms with E-state index in [1.807, 2.05) is 7.05 Å². The van der Waals surface area contributed by atoms with Gasteiger partial charge >= 0.3 is 6.09 Å². The second-order valence-corrected chi connectivity index (χ2v) is 4.18. The number of rotatable bonds is 4. The fourth-order valence-electron chi connectivity index (χ4n) is 1.58. The van der Waals surface area contributed by atoms with E-state index in [9.17, 15) is 4.79 Å². The quantitative estimate of drug-likeness (QED) is 0.737. The van der Waals surface area contributed by atoms with E-state index in [4.69, 9.17) is 4.74 Å². The molecule has 1 atom stereocenters. The summed E-state index contributed by atoms with van der Waals surface area (Å²) in [5, 5.41) is 3.15. The maximum Gasteiger partial charge on any atom is 0.411 e. The van der Waals surface area contributed by atoms with Crippen molar-refractivity contribution >= 4 is 6.09 Å². The first-order valence-electron chi connectivity index (χ1n) is 5.47. The third-order valence-corrected chi connectivity index (χ3v) is 2.97. The van der Waals surface area contributed by atoms with E-state index in [1.165, 1.54) is 0 Å². The van der Waals surface area contributed by atoms with Crippen LogP contribution in [0.3, 0.4) is 0 Å². The molecule has 0 aromatic heterocycles. The summed E-state index contributed by atoms with van der Waals surface area (Å²) in [7, 11) is 1.90. The van der Waals surface area contributed by atoms with E-state index >= 15 is 0 Å². The van der Waals surface area contributed by atoms with Crippen LogP contribution < -0.4 is 5.32 Å². The Labute approximate surface area is 97.0 Å². The molecule has 1 fully saturated rings. The van der Waals surface area contributed by atoms with Crippen LogP contribution in [-0.2, 0) is 4.74 Å². The zero-order valence-corrected chi connectivity index (χ0v) is 10.0. The van der Waals surface area contributed by atoms with E-state index in [2.05, 4.69) is 18.5 Å². The van der Waals surface area contributed by atoms with Gasteiger partial charge in [-0.05, 0) is 32.5 Å². The molecule has 0 aromatic carbocycles. The molecule has 1 saturated heterocycles. The number of carbonyl (C=O) groups excluding carboxylic acids is 1. The maximum absolute atomic E-state index is 11.8. The Morgan fingerprint density at radius 2 is 2.19 bits per heavy atom. The lowest BCUT2D eigenvalue weighted by molar-refractivity contribution is 0.0609. The van der Waals surface area contributed by atoms with Gasteiger partial charge in [0, 0.05) is 19.1 Å². The van der Waals surface area contributed by atoms with Crippen molar-refractivity contribution in [2.24, 2.45) is 0 Å². The second-order valence-electron chi connectivity index (χ2n) is 4.18. The van der Waals surface area contributed by atoms with Gasteiger partial charge in [0.05, 0.1) is 0 Å². The van der Waals surface area contributed by atoms with Gasteiger partial charge in [-0.1, -0.05) is 13.2 Å². The first-order valence-corrected chi connectivity index (χ1v) is 5.47. The monoisotopic (exact) mass is 224 g/mol. The summed E-state index contributed by atoms with van der Waals surface area (Å²) in [5.74, 6) is 0. The molecule has 90 valence electrons. The van der Waals surface area contributed by atoms with Gasteiger partial charge in [0.2, 0.25) is 0 Å². The predicted molar refractivity (Wildman–Crippen MR) is 64.3 cm³/mol. The van der Waals surface area contributed by atoms with Gasteiger partial charge in [-0.15, -0.1) is 0 Å². The third-order valence-electron chi connectivity index (χ3n) is 2.97. The first kappa shape index (κ1) is 12.8. The fourth-order valence-corrected chi connectivity index (χ4v) is 1.58. The van der Waals surface area contributed by atoms with Crippen LogP contribution in [0.25, 0.3) is 0 Å². The smallest absolute Gasteiger partial charge is 0.411 e. The third kappa shape index (κ3) is 2.85. The molecular formula is C12H20N2O2. The molecule has 4 heteroatoms. The first-order chi connectivity index (χ1) is 7.54. The van der Waals surface area contributed by atoms with Crippen LogP contribution in [0.2, 0.25) is 0 Å². The zero-order valence-electron chi connectivity index (χ0n) is 10.0. The lowest BCUT2D eigenvalue weighted by atomic mass is 10.1. The summed E-state index contributed by atoms with van der Waals surface area (Å²) in [5.41, 5.74) is -0.783. The molecule has 1 amide bonds. The minimum Gasteiger partial charge on any atom is -0.435 e. The maximum atomic E-state index is 11.8. The van der Waals surface area contributed by atoms with Gasteiger partial charge in [0.25, 0.3) is 0 Å². The van der Waals surface area contributed by atoms with Crippen molar-refractivity contribution in [3.05, 3.63) is 25.3 Å². The molecule has 4 nitrogen and oxygen atoms in total. The Morgan fingerprint density at radius 3 is 2.62 bits per heavy atom. The molecule has 0 aliphatic carbocycles. The number of likely N-dealkylation sites (tertiary alicyclic amines) is 1. The van der Waals surface area contributed by atoms with E-state index in [0.29, 0.717) is 12.6 Å². The van der Waals surface area contributed by atoms with Gasteiger partial charge in [0.1, 0.15) is 5.60 Å². The van der Waals surface area contributed by atoms with E-state index in [0.717, 1.165) is 13.0 Å². The fraction of sp³-hybridized carbons (Fsp3) is 0.583. The molecule has 1 heterocycles. The number of likely N-dealkylation sites (N-methyl/N-ethyl adjacent to an activating group) is 1. The van der Waals surface area contributed by atoms with E-state index in [1.54, 1.807) is 24.0 Å². The van der Waals surface area contributed by atoms with Crippen molar-refractivity contribution in [2.45, 2.75) is 25.0 Å². The number of carbonyl (C=O) groups is 1. The molecule has 1 aliphatic rings. The SMILES string of the molecule is C=CC(C)(C=C)OC(=O)N1CCC(NC)C1. The van der Waals surface area contributed by atoms with Crippen molar-refractivity contribution in [1.29, 1.82) is 0 Å². The average Bonchev–Trinajstić information content (AvgIpc) is 2.77. The topological polar surface area (TPSA) is 41.6 Å². The van der Waals surface area contributed by atoms with E-state index in [-0.39, 0.29) is 6.09 Å². The van der Waals surface area contributed by atoms with Crippen LogP contribution >= 0.6 is 0 Å². The summed E-state index contributed by atoms with van der Waals surface area (Å²) in [4.78, 5) is 13.5. The number of amides is 1. The summed E-state index contributed by atoms with van der Waals surface area (Å²) in [6.45, 7) is 10.5. The van der Waals surface area contributed by atoms with E-state index < -0.39 is 5.60 Å². The Kier molecular flexibility index (Phi) is 4.12. The van der Waals surface area contributed by atoms with Crippen LogP contribution in [0.5, 0.6) is 0 Å². The van der Waals surface area contributed by atoms with Crippen LogP contribution in [-0.4, -0.2) is 42.8 Å². The largest absolute Gasteiger partial charge is 0.435 e. The standard InChI is InChI=1S/C12H20N2O2/c1-5-12(3,6-2)16-11(15)14-8-7-10(9-14)13-4/h5-6,10,13H,1-2,7-9H2,3-4H3. The Hall–Kier alpha value is -1.29. The lowest BCUT2D eigenvalue weighted by Crippen LogP contribution is -2.38. The van der Waals surface area contributed by atoms with Crippen LogP contribution in [0.1, 0.15) is 13.3 Å². The summed E-state index contributed by atoms with van der Waals surface area (Å²) in [6.07, 6.45) is 3.80. The van der Waals surface area contributed by atoms with Gasteiger partial charge in [0.15, 0.2) is 0 Å². The predicted octanol–water partition coefficient (Wildman–Crippen LogP) is 1.55. The van der Waals surface area contributed by atoms with Crippen molar-refractivity contribution in [2.75, 3.05) is 20.1 Å². The molecule has 1 unspecified atom stereocenters. The number of nitrogens with one attached hydrogen (secondary N) is 1. The molecule has 0 bridgehead atoms. The van der Waals surface area contributed by atoms with Gasteiger partial charge in [-0.2, -0.15) is 0 Å². The molecule has 0 radical (unpaired) electrons. The number of hydrogen-bond acceptors (Lipinski definition) is 3. The Morgan fingerprint density at radius 1 is 1.56 bits per heavy atom. The highest BCUT2D eigenvalue weighted by molar-refractivity contribution is 5.69. The van der Waals surface area contributed by atoms with Crippen molar-refractivity contribution in [1.82, 2.24) is 10.2 Å². The molecule has 0 saturated carbocycles. The second kappa shape index (κ2) is 5.16. The molecule has 1 N–H and O–H groups in total. The Balaban J connectivity index is 2.53. The molecule has 1 rings (SSSR count). The summed E-state index contributed by atoms with van der Waals surface area (Å²) < 4.78 is 5.34. The van der Waals surface area contributed by atoms with Crippen molar-refractivity contribution in [3.8, 4) is 0 Å². The number of hydrogen-bond donors (Lipinski definition) is 1. The molecule has 16 heavy (non-hydrogen) atoms. The van der Waals surface area contributed by atoms with Gasteiger partial charge < -0.3 is 15.0 Å². The normalized spacial score (nSPS) is 20.6. The molecule has 0 spiro atoms. The summed E-state index contributed by atoms with van der Waals surface area (Å²) >= 11 is 0.